The van der Waals surface area contributed by atoms with E-state index >= 15 is 0 Å². The first-order valence-corrected chi connectivity index (χ1v) is 51.3. The predicted octanol–water partition coefficient (Wildman–Crippen LogP) is 35.0. The summed E-state index contributed by atoms with van der Waals surface area (Å²) in [6.45, 7) is 13.8. The van der Waals surface area contributed by atoms with Gasteiger partial charge >= 0.3 is 0 Å². The Hall–Kier alpha value is -18.4. The molecule has 0 aliphatic heterocycles. The highest BCUT2D eigenvalue weighted by atomic mass is 32.1. The lowest BCUT2D eigenvalue weighted by Crippen LogP contribution is -2.17. The molecule has 0 atom stereocenters. The van der Waals surface area contributed by atoms with E-state index in [0.717, 1.165) is 141 Å². The summed E-state index contributed by atoms with van der Waals surface area (Å²) in [7, 11) is 0. The summed E-state index contributed by atoms with van der Waals surface area (Å²) in [5.74, 6) is 2.23. The number of thiophene rings is 1. The molecule has 0 unspecified atom stereocenters. The molecular weight excluding hydrogens is 1810 g/mol. The van der Waals surface area contributed by atoms with Gasteiger partial charge in [0, 0.05) is 174 Å². The number of para-hydroxylation sites is 6. The van der Waals surface area contributed by atoms with Crippen molar-refractivity contribution in [3.8, 4) is 124 Å². The van der Waals surface area contributed by atoms with Crippen LogP contribution in [0.15, 0.2) is 453 Å². The molecular formula is C135H92N10OS. The summed E-state index contributed by atoms with van der Waals surface area (Å²) in [6, 6.07) is 160. The van der Waals surface area contributed by atoms with Crippen molar-refractivity contribution >= 4 is 141 Å². The molecule has 0 N–H and O–H groups in total. The van der Waals surface area contributed by atoms with Gasteiger partial charge in [-0.2, -0.15) is 0 Å². The van der Waals surface area contributed by atoms with E-state index in [9.17, 15) is 0 Å². The molecule has 0 saturated heterocycles. The summed E-state index contributed by atoms with van der Waals surface area (Å²) < 4.78 is 18.7. The Kier molecular flexibility index (Phi) is 19.1. The van der Waals surface area contributed by atoms with Crippen LogP contribution in [0.2, 0.25) is 0 Å². The van der Waals surface area contributed by atoms with Gasteiger partial charge in [0.05, 0.1) is 83.7 Å². The van der Waals surface area contributed by atoms with Gasteiger partial charge in [-0.05, 0) is 126 Å². The van der Waals surface area contributed by atoms with Gasteiger partial charge in [-0.1, -0.05) is 381 Å². The molecule has 12 heteroatoms. The van der Waals surface area contributed by atoms with Crippen molar-refractivity contribution in [3.05, 3.63) is 482 Å². The van der Waals surface area contributed by atoms with Crippen molar-refractivity contribution in [2.24, 2.45) is 0 Å². The lowest BCUT2D eigenvalue weighted by Gasteiger charge is -2.24. The largest absolute Gasteiger partial charge is 0.456 e. The van der Waals surface area contributed by atoms with Crippen LogP contribution in [-0.4, -0.2) is 48.2 Å². The monoisotopic (exact) mass is 1900 g/mol. The first kappa shape index (κ1) is 85.4. The Morgan fingerprint density at radius 1 is 0.204 bits per heavy atom. The van der Waals surface area contributed by atoms with E-state index in [2.05, 4.69) is 472 Å². The first-order valence-electron chi connectivity index (χ1n) is 50.5. The number of hydrogen-bond donors (Lipinski definition) is 0. The maximum atomic E-state index is 6.37. The standard InChI is InChI=1S/C49H34N4.C43H29N3O.C43H29N3S/c1-49(2)39-25-12-9-23-37(39)46-44(49)45(50-48(51-46)31-16-5-3-6-17-31)32-18-15-21-34(30-32)53-40-26-13-10-22-35(40)36-28-29-42-43(47(36)53)38-24-11-14-27-41(38)52(42)33-19-7-4-8-20-33;2*1-43(2)33-20-9-6-18-31(33)40-38(43)39(44-42(45-40)26-13-4-3-5-14-26)27-15-12-16-28(25-27)46-34-21-10-7-17-29(34)30-23-24-36-37(41(30)46)32-19-8-11-22-35(32)47-36/h3-30H,1-2H3;2*3-25H,1-2H3. The summed E-state index contributed by atoms with van der Waals surface area (Å²) in [5.41, 5.74) is 38.2. The highest BCUT2D eigenvalue weighted by molar-refractivity contribution is 7.26. The Labute approximate surface area is 851 Å². The van der Waals surface area contributed by atoms with Crippen molar-refractivity contribution in [1.29, 1.82) is 0 Å². The molecule has 19 aromatic carbocycles. The highest BCUT2D eigenvalue weighted by Gasteiger charge is 2.44. The number of furan rings is 1. The highest BCUT2D eigenvalue weighted by Crippen LogP contribution is 2.57. The molecule has 11 nitrogen and oxygen atoms in total. The number of aromatic nitrogens is 10. The average Bonchev–Trinajstić information content (AvgIpc) is 1.56. The first-order chi connectivity index (χ1) is 72.2. The normalized spacial score (nSPS) is 13.4. The molecule has 3 aliphatic rings. The van der Waals surface area contributed by atoms with Crippen molar-refractivity contribution in [3.63, 3.8) is 0 Å². The number of fused-ring (bicyclic) bond motifs is 30. The van der Waals surface area contributed by atoms with E-state index in [1.165, 1.54) is 146 Å². The number of hydrogen-bond acceptors (Lipinski definition) is 8. The lowest BCUT2D eigenvalue weighted by atomic mass is 9.81. The van der Waals surface area contributed by atoms with E-state index in [0.29, 0.717) is 0 Å². The minimum absolute atomic E-state index is 0.249. The van der Waals surface area contributed by atoms with Crippen LogP contribution in [0, 0.1) is 0 Å². The van der Waals surface area contributed by atoms with Crippen LogP contribution in [0.5, 0.6) is 0 Å². The van der Waals surface area contributed by atoms with Gasteiger partial charge in [-0.3, -0.25) is 0 Å². The number of nitrogens with zero attached hydrogens (tertiary/aromatic N) is 10. The maximum Gasteiger partial charge on any atom is 0.160 e. The molecule has 9 aromatic heterocycles. The van der Waals surface area contributed by atoms with Gasteiger partial charge in [0.2, 0.25) is 0 Å². The topological polar surface area (TPSA) is 110 Å². The minimum Gasteiger partial charge on any atom is -0.456 e. The van der Waals surface area contributed by atoms with Gasteiger partial charge in [-0.15, -0.1) is 11.3 Å². The fourth-order valence-corrected chi connectivity index (χ4v) is 25.8. The maximum absolute atomic E-state index is 6.37. The molecule has 3 aliphatic carbocycles. The summed E-state index contributed by atoms with van der Waals surface area (Å²) >= 11 is 1.87. The second-order valence-corrected chi connectivity index (χ2v) is 41.7. The molecule has 28 aromatic rings. The molecule has 0 fully saturated rings. The van der Waals surface area contributed by atoms with Gasteiger partial charge in [0.15, 0.2) is 17.5 Å². The molecule has 0 saturated carbocycles. The van der Waals surface area contributed by atoms with Crippen LogP contribution >= 0.6 is 11.3 Å². The number of rotatable bonds is 10. The zero-order valence-corrected chi connectivity index (χ0v) is 82.3. The van der Waals surface area contributed by atoms with Gasteiger partial charge in [0.1, 0.15) is 11.2 Å². The van der Waals surface area contributed by atoms with Gasteiger partial charge in [-0.25, -0.2) is 29.9 Å². The Morgan fingerprint density at radius 2 is 0.524 bits per heavy atom. The van der Waals surface area contributed by atoms with E-state index in [4.69, 9.17) is 34.3 Å². The predicted molar refractivity (Wildman–Crippen MR) is 609 cm³/mol. The lowest BCUT2D eigenvalue weighted by molar-refractivity contribution is 0.657. The van der Waals surface area contributed by atoms with Crippen LogP contribution in [0.1, 0.15) is 74.9 Å². The van der Waals surface area contributed by atoms with E-state index in [-0.39, 0.29) is 16.2 Å². The zero-order valence-electron chi connectivity index (χ0n) is 81.5. The third-order valence-electron chi connectivity index (χ3n) is 31.2. The van der Waals surface area contributed by atoms with Crippen LogP contribution < -0.4 is 0 Å². The molecule has 0 bridgehead atoms. The zero-order chi connectivity index (χ0) is 97.8. The van der Waals surface area contributed by atoms with Crippen LogP contribution in [0.4, 0.5) is 0 Å². The second-order valence-electron chi connectivity index (χ2n) is 40.6. The van der Waals surface area contributed by atoms with Crippen molar-refractivity contribution < 1.29 is 4.42 Å². The SMILES string of the molecule is CC1(C)c2ccccc2-c2nc(-c3ccccc3)nc(-c3cccc(-n4c5ccccc5c5ccc6c(c7ccccc7n6-c6ccccc6)c54)c3)c21.CC1(C)c2ccccc2-c2nc(-c3ccccc3)nc(-c3cccc(-n4c5ccccc5c5ccc6oc7ccccc7c6c54)c3)c21.CC1(C)c2ccccc2-c2nc(-c3ccccc3)nc(-c3cccc(-n4c5ccccc5c5ccc6sc7ccccc7c6c54)c3)c21. The smallest absolute Gasteiger partial charge is 0.160 e. The van der Waals surface area contributed by atoms with Crippen LogP contribution in [0.25, 0.3) is 254 Å². The van der Waals surface area contributed by atoms with Gasteiger partial charge in [0.25, 0.3) is 0 Å². The Bertz CT molecular complexity index is 9990. The molecule has 0 amide bonds. The quantitative estimate of drug-likeness (QED) is 0.134. The fourth-order valence-electron chi connectivity index (χ4n) is 24.7. The molecule has 694 valence electrons. The minimum atomic E-state index is -0.273. The third-order valence-corrected chi connectivity index (χ3v) is 32.4. The molecule has 9 heterocycles. The van der Waals surface area contributed by atoms with Crippen LogP contribution in [0.3, 0.4) is 0 Å². The Morgan fingerprint density at radius 3 is 0.966 bits per heavy atom. The van der Waals surface area contributed by atoms with Crippen molar-refractivity contribution in [2.45, 2.75) is 57.8 Å². The third kappa shape index (κ3) is 13.0. The fraction of sp³-hybridized carbons (Fsp3) is 0.0667. The van der Waals surface area contributed by atoms with E-state index in [1.54, 1.807) is 0 Å². The Balaban J connectivity index is 0.000000104. The molecule has 0 radical (unpaired) electrons. The summed E-state index contributed by atoms with van der Waals surface area (Å²) in [6.07, 6.45) is 0. The van der Waals surface area contributed by atoms with Crippen molar-refractivity contribution in [2.75, 3.05) is 0 Å². The summed E-state index contributed by atoms with van der Waals surface area (Å²) in [5, 5.41) is 14.8. The van der Waals surface area contributed by atoms with Crippen LogP contribution in [-0.2, 0) is 16.2 Å². The number of benzene rings is 19. The van der Waals surface area contributed by atoms with E-state index in [1.807, 2.05) is 47.7 Å². The second kappa shape index (κ2) is 32.8. The van der Waals surface area contributed by atoms with Crippen molar-refractivity contribution in [1.82, 2.24) is 48.2 Å². The average molecular weight is 1900 g/mol. The molecule has 31 rings (SSSR count). The van der Waals surface area contributed by atoms with E-state index < -0.39 is 0 Å². The molecule has 0 spiro atoms. The van der Waals surface area contributed by atoms with Gasteiger partial charge < -0.3 is 22.7 Å². The molecule has 147 heavy (non-hydrogen) atoms. The summed E-state index contributed by atoms with van der Waals surface area (Å²) in [4.78, 5) is 31.9.